The lowest BCUT2D eigenvalue weighted by atomic mass is 9.99. The smallest absolute Gasteiger partial charge is 0.244 e. The Morgan fingerprint density at radius 1 is 1.30 bits per heavy atom. The normalized spacial score (nSPS) is 18.4. The van der Waals surface area contributed by atoms with Gasteiger partial charge in [-0.2, -0.15) is 0 Å². The predicted molar refractivity (Wildman–Crippen MR) is 84.0 cm³/mol. The summed E-state index contributed by atoms with van der Waals surface area (Å²) in [5.74, 6) is -0.121. The molecule has 4 heteroatoms. The Labute approximate surface area is 121 Å². The van der Waals surface area contributed by atoms with Crippen molar-refractivity contribution in [3.05, 3.63) is 24.3 Å². The molecule has 1 fully saturated rings. The Morgan fingerprint density at radius 2 is 1.95 bits per heavy atom. The van der Waals surface area contributed by atoms with Crippen LogP contribution in [0.1, 0.15) is 39.5 Å². The zero-order chi connectivity index (χ0) is 14.6. The molecule has 3 N–H and O–H groups in total. The SMILES string of the molecule is CCC(C)(N)C(=O)Nc1ccccc1N1CCCCC1. The minimum atomic E-state index is -0.824. The second-order valence-corrected chi connectivity index (χ2v) is 5.79. The monoisotopic (exact) mass is 275 g/mol. The molecule has 1 amide bonds. The van der Waals surface area contributed by atoms with E-state index in [0.717, 1.165) is 24.5 Å². The molecule has 110 valence electrons. The molecule has 0 aliphatic carbocycles. The van der Waals surface area contributed by atoms with Gasteiger partial charge in [0, 0.05) is 13.1 Å². The number of nitrogens with two attached hydrogens (primary N) is 1. The molecule has 1 aromatic rings. The van der Waals surface area contributed by atoms with Crippen molar-refractivity contribution in [1.29, 1.82) is 0 Å². The predicted octanol–water partition coefficient (Wildman–Crippen LogP) is 2.74. The second-order valence-electron chi connectivity index (χ2n) is 5.79. The molecule has 1 saturated heterocycles. The quantitative estimate of drug-likeness (QED) is 0.888. The molecule has 1 aliphatic heterocycles. The summed E-state index contributed by atoms with van der Waals surface area (Å²) in [6.45, 7) is 5.81. The molecule has 2 rings (SSSR count). The molecule has 20 heavy (non-hydrogen) atoms. The van der Waals surface area contributed by atoms with Crippen LogP contribution >= 0.6 is 0 Å². The fourth-order valence-electron chi connectivity index (χ4n) is 2.42. The third kappa shape index (κ3) is 3.31. The number of hydrogen-bond donors (Lipinski definition) is 2. The fourth-order valence-corrected chi connectivity index (χ4v) is 2.42. The van der Waals surface area contributed by atoms with Gasteiger partial charge in [0.15, 0.2) is 0 Å². The van der Waals surface area contributed by atoms with Crippen LogP contribution in [-0.4, -0.2) is 24.5 Å². The summed E-state index contributed by atoms with van der Waals surface area (Å²) in [7, 11) is 0. The number of hydrogen-bond acceptors (Lipinski definition) is 3. The minimum Gasteiger partial charge on any atom is -0.370 e. The van der Waals surface area contributed by atoms with Crippen molar-refractivity contribution in [1.82, 2.24) is 0 Å². The standard InChI is InChI=1S/C16H25N3O/c1-3-16(2,17)15(20)18-13-9-5-6-10-14(13)19-11-7-4-8-12-19/h5-6,9-10H,3-4,7-8,11-12,17H2,1-2H3,(H,18,20). The van der Waals surface area contributed by atoms with Crippen molar-refractivity contribution in [2.45, 2.75) is 45.1 Å². The van der Waals surface area contributed by atoms with Gasteiger partial charge in [-0.25, -0.2) is 0 Å². The highest BCUT2D eigenvalue weighted by atomic mass is 16.2. The summed E-state index contributed by atoms with van der Waals surface area (Å²) in [6.07, 6.45) is 4.34. The fraction of sp³-hybridized carbons (Fsp3) is 0.562. The average molecular weight is 275 g/mol. The number of carbonyl (C=O) groups excluding carboxylic acids is 1. The van der Waals surface area contributed by atoms with Crippen LogP contribution in [0.3, 0.4) is 0 Å². The second kappa shape index (κ2) is 6.27. The highest BCUT2D eigenvalue weighted by Crippen LogP contribution is 2.28. The van der Waals surface area contributed by atoms with Gasteiger partial charge >= 0.3 is 0 Å². The minimum absolute atomic E-state index is 0.121. The number of nitrogens with one attached hydrogen (secondary N) is 1. The summed E-state index contributed by atoms with van der Waals surface area (Å²) in [5, 5.41) is 2.99. The molecule has 0 saturated carbocycles. The zero-order valence-corrected chi connectivity index (χ0v) is 12.5. The lowest BCUT2D eigenvalue weighted by Crippen LogP contribution is -2.48. The van der Waals surface area contributed by atoms with Gasteiger partial charge in [-0.3, -0.25) is 4.79 Å². The van der Waals surface area contributed by atoms with Crippen molar-refractivity contribution in [3.63, 3.8) is 0 Å². The van der Waals surface area contributed by atoms with Crippen molar-refractivity contribution >= 4 is 17.3 Å². The van der Waals surface area contributed by atoms with Crippen molar-refractivity contribution in [3.8, 4) is 0 Å². The van der Waals surface area contributed by atoms with Crippen molar-refractivity contribution in [2.75, 3.05) is 23.3 Å². The van der Waals surface area contributed by atoms with Crippen LogP contribution in [0.2, 0.25) is 0 Å². The Kier molecular flexibility index (Phi) is 4.65. The molecular formula is C16H25N3O. The van der Waals surface area contributed by atoms with E-state index >= 15 is 0 Å². The molecule has 0 aromatic heterocycles. The first-order chi connectivity index (χ1) is 9.54. The third-order valence-electron chi connectivity index (χ3n) is 4.10. The van der Waals surface area contributed by atoms with E-state index in [4.69, 9.17) is 5.73 Å². The largest absolute Gasteiger partial charge is 0.370 e. The van der Waals surface area contributed by atoms with Gasteiger partial charge in [-0.15, -0.1) is 0 Å². The van der Waals surface area contributed by atoms with Gasteiger partial charge in [0.05, 0.1) is 16.9 Å². The van der Waals surface area contributed by atoms with E-state index in [1.165, 1.54) is 19.3 Å². The van der Waals surface area contributed by atoms with Crippen molar-refractivity contribution in [2.24, 2.45) is 5.73 Å². The number of para-hydroxylation sites is 2. The lowest BCUT2D eigenvalue weighted by molar-refractivity contribution is -0.120. The molecule has 1 atom stereocenters. The number of benzene rings is 1. The van der Waals surface area contributed by atoms with E-state index < -0.39 is 5.54 Å². The Hall–Kier alpha value is -1.55. The summed E-state index contributed by atoms with van der Waals surface area (Å²) in [6, 6.07) is 7.98. The third-order valence-corrected chi connectivity index (χ3v) is 4.10. The number of anilines is 2. The van der Waals surface area contributed by atoms with E-state index in [2.05, 4.69) is 16.3 Å². The zero-order valence-electron chi connectivity index (χ0n) is 12.5. The number of piperidine rings is 1. The molecule has 0 bridgehead atoms. The van der Waals surface area contributed by atoms with Crippen LogP contribution in [-0.2, 0) is 4.79 Å². The molecular weight excluding hydrogens is 250 g/mol. The van der Waals surface area contributed by atoms with Crippen LogP contribution in [0.4, 0.5) is 11.4 Å². The molecule has 1 heterocycles. The Bertz CT molecular complexity index is 465. The summed E-state index contributed by atoms with van der Waals surface area (Å²) in [5.41, 5.74) is 7.16. The first-order valence-electron chi connectivity index (χ1n) is 7.49. The molecule has 4 nitrogen and oxygen atoms in total. The highest BCUT2D eigenvalue weighted by Gasteiger charge is 2.27. The van der Waals surface area contributed by atoms with Crippen LogP contribution in [0.25, 0.3) is 0 Å². The summed E-state index contributed by atoms with van der Waals surface area (Å²) < 4.78 is 0. The summed E-state index contributed by atoms with van der Waals surface area (Å²) in [4.78, 5) is 14.6. The number of rotatable bonds is 4. The first kappa shape index (κ1) is 14.9. The highest BCUT2D eigenvalue weighted by molar-refractivity contribution is 6.00. The topological polar surface area (TPSA) is 58.4 Å². The molecule has 0 radical (unpaired) electrons. The first-order valence-corrected chi connectivity index (χ1v) is 7.49. The van der Waals surface area contributed by atoms with E-state index in [-0.39, 0.29) is 5.91 Å². The Balaban J connectivity index is 2.17. The molecule has 0 spiro atoms. The number of nitrogens with zero attached hydrogens (tertiary/aromatic N) is 1. The van der Waals surface area contributed by atoms with E-state index in [1.54, 1.807) is 6.92 Å². The van der Waals surface area contributed by atoms with Gasteiger partial charge in [0.1, 0.15) is 0 Å². The maximum atomic E-state index is 12.2. The van der Waals surface area contributed by atoms with Gasteiger partial charge in [0.2, 0.25) is 5.91 Å². The molecule has 1 aliphatic rings. The van der Waals surface area contributed by atoms with Gasteiger partial charge in [0.25, 0.3) is 0 Å². The van der Waals surface area contributed by atoms with Crippen LogP contribution in [0.15, 0.2) is 24.3 Å². The maximum Gasteiger partial charge on any atom is 0.244 e. The molecule has 1 unspecified atom stereocenters. The van der Waals surface area contributed by atoms with E-state index in [9.17, 15) is 4.79 Å². The van der Waals surface area contributed by atoms with Gasteiger partial charge in [-0.05, 0) is 44.7 Å². The van der Waals surface area contributed by atoms with E-state index in [1.807, 2.05) is 25.1 Å². The van der Waals surface area contributed by atoms with Crippen molar-refractivity contribution < 1.29 is 4.79 Å². The summed E-state index contributed by atoms with van der Waals surface area (Å²) >= 11 is 0. The Morgan fingerprint density at radius 3 is 2.60 bits per heavy atom. The number of amides is 1. The van der Waals surface area contributed by atoms with Crippen LogP contribution < -0.4 is 16.0 Å². The lowest BCUT2D eigenvalue weighted by Gasteiger charge is -2.31. The van der Waals surface area contributed by atoms with Crippen LogP contribution in [0, 0.1) is 0 Å². The van der Waals surface area contributed by atoms with E-state index in [0.29, 0.717) is 6.42 Å². The van der Waals surface area contributed by atoms with Crippen LogP contribution in [0.5, 0.6) is 0 Å². The maximum absolute atomic E-state index is 12.2. The molecule has 1 aromatic carbocycles. The van der Waals surface area contributed by atoms with Gasteiger partial charge in [-0.1, -0.05) is 19.1 Å². The average Bonchev–Trinajstić information content (AvgIpc) is 2.48. The van der Waals surface area contributed by atoms with Gasteiger partial charge < -0.3 is 16.0 Å². The number of carbonyl (C=O) groups is 1.